The van der Waals surface area contributed by atoms with Gasteiger partial charge in [-0.25, -0.2) is 0 Å². The van der Waals surface area contributed by atoms with E-state index in [4.69, 9.17) is 0 Å². The highest BCUT2D eigenvalue weighted by molar-refractivity contribution is 7.10. The number of likely N-dealkylation sites (N-methyl/N-ethyl adjacent to an activating group) is 1. The number of thiophene rings is 1. The highest BCUT2D eigenvalue weighted by atomic mass is 32.1. The number of nitrogens with zero attached hydrogens (tertiary/aromatic N) is 2. The zero-order chi connectivity index (χ0) is 13.7. The summed E-state index contributed by atoms with van der Waals surface area (Å²) in [5.41, 5.74) is 1.42. The number of hydrogen-bond acceptors (Lipinski definition) is 4. The van der Waals surface area contributed by atoms with Crippen LogP contribution in [0.2, 0.25) is 0 Å². The molecule has 1 unspecified atom stereocenters. The molecule has 0 saturated carbocycles. The van der Waals surface area contributed by atoms with Gasteiger partial charge in [0, 0.05) is 37.1 Å². The van der Waals surface area contributed by atoms with Crippen LogP contribution in [0.25, 0.3) is 0 Å². The van der Waals surface area contributed by atoms with Crippen molar-refractivity contribution in [2.75, 3.05) is 40.3 Å². The Bertz CT molecular complexity index is 375. The van der Waals surface area contributed by atoms with E-state index in [1.54, 1.807) is 0 Å². The van der Waals surface area contributed by atoms with Crippen molar-refractivity contribution in [1.29, 1.82) is 0 Å². The number of hydrogen-bond donors (Lipinski definition) is 1. The molecule has 1 aliphatic heterocycles. The van der Waals surface area contributed by atoms with Crippen LogP contribution in [-0.4, -0.2) is 56.1 Å². The quantitative estimate of drug-likeness (QED) is 0.806. The minimum absolute atomic E-state index is 0.744. The van der Waals surface area contributed by atoms with Crippen molar-refractivity contribution in [1.82, 2.24) is 15.1 Å². The lowest BCUT2D eigenvalue weighted by atomic mass is 10.1. The Morgan fingerprint density at radius 3 is 3.00 bits per heavy atom. The number of likely N-dealkylation sites (tertiary alicyclic amines) is 1. The summed E-state index contributed by atoms with van der Waals surface area (Å²) in [7, 11) is 4.40. The highest BCUT2D eigenvalue weighted by Gasteiger charge is 2.20. The van der Waals surface area contributed by atoms with Gasteiger partial charge in [-0.05, 0) is 57.4 Å². The first-order valence-corrected chi connectivity index (χ1v) is 8.17. The molecule has 0 aromatic carbocycles. The molecular formula is C15H27N3S. The largest absolute Gasteiger partial charge is 0.311 e. The van der Waals surface area contributed by atoms with E-state index in [0.29, 0.717) is 0 Å². The minimum Gasteiger partial charge on any atom is -0.311 e. The summed E-state index contributed by atoms with van der Waals surface area (Å²) in [5.74, 6) is 0. The molecular weight excluding hydrogens is 254 g/mol. The van der Waals surface area contributed by atoms with Gasteiger partial charge in [-0.15, -0.1) is 11.3 Å². The molecule has 0 amide bonds. The number of piperidine rings is 1. The highest BCUT2D eigenvalue weighted by Crippen LogP contribution is 2.15. The molecule has 1 aliphatic rings. The molecule has 1 fully saturated rings. The average molecular weight is 281 g/mol. The summed E-state index contributed by atoms with van der Waals surface area (Å²) in [6.45, 7) is 7.98. The van der Waals surface area contributed by atoms with Crippen LogP contribution in [0.5, 0.6) is 0 Å². The fraction of sp³-hybridized carbons (Fsp3) is 0.733. The van der Waals surface area contributed by atoms with Gasteiger partial charge in [0.15, 0.2) is 0 Å². The van der Waals surface area contributed by atoms with E-state index in [9.17, 15) is 0 Å². The van der Waals surface area contributed by atoms with Crippen molar-refractivity contribution in [2.24, 2.45) is 0 Å². The van der Waals surface area contributed by atoms with Gasteiger partial charge in [0.2, 0.25) is 0 Å². The van der Waals surface area contributed by atoms with Gasteiger partial charge in [0.1, 0.15) is 0 Å². The molecule has 4 heteroatoms. The summed E-state index contributed by atoms with van der Waals surface area (Å²) in [5, 5.41) is 5.75. The second kappa shape index (κ2) is 7.39. The van der Waals surface area contributed by atoms with Crippen molar-refractivity contribution in [3.8, 4) is 0 Å². The first-order chi connectivity index (χ1) is 9.16. The minimum atomic E-state index is 0.744. The molecule has 2 rings (SSSR count). The van der Waals surface area contributed by atoms with Gasteiger partial charge in [0.05, 0.1) is 0 Å². The lowest BCUT2D eigenvalue weighted by Crippen LogP contribution is -2.46. The van der Waals surface area contributed by atoms with Gasteiger partial charge < -0.3 is 15.1 Å². The van der Waals surface area contributed by atoms with Crippen LogP contribution in [0.3, 0.4) is 0 Å². The van der Waals surface area contributed by atoms with Crippen LogP contribution in [0.15, 0.2) is 11.4 Å². The van der Waals surface area contributed by atoms with E-state index in [-0.39, 0.29) is 0 Å². The molecule has 1 N–H and O–H groups in total. The summed E-state index contributed by atoms with van der Waals surface area (Å²) in [6.07, 6.45) is 2.69. The Balaban J connectivity index is 1.64. The molecule has 1 aromatic rings. The topological polar surface area (TPSA) is 18.5 Å². The van der Waals surface area contributed by atoms with Gasteiger partial charge in [-0.1, -0.05) is 0 Å². The van der Waals surface area contributed by atoms with Gasteiger partial charge in [-0.2, -0.15) is 0 Å². The lowest BCUT2D eigenvalue weighted by Gasteiger charge is -2.36. The Hall–Kier alpha value is -0.420. The average Bonchev–Trinajstić information content (AvgIpc) is 2.81. The summed E-state index contributed by atoms with van der Waals surface area (Å²) >= 11 is 1.86. The van der Waals surface area contributed by atoms with Crippen LogP contribution in [0.1, 0.15) is 23.3 Å². The van der Waals surface area contributed by atoms with Crippen molar-refractivity contribution in [3.05, 3.63) is 21.9 Å². The third-order valence-corrected chi connectivity index (χ3v) is 5.09. The maximum Gasteiger partial charge on any atom is 0.0302 e. The maximum atomic E-state index is 3.58. The van der Waals surface area contributed by atoms with Crippen molar-refractivity contribution < 1.29 is 0 Å². The predicted octanol–water partition coefficient (Wildman–Crippen LogP) is 2.17. The van der Waals surface area contributed by atoms with Crippen LogP contribution < -0.4 is 5.32 Å². The van der Waals surface area contributed by atoms with Crippen molar-refractivity contribution >= 4 is 11.3 Å². The van der Waals surface area contributed by atoms with Crippen molar-refractivity contribution in [2.45, 2.75) is 32.4 Å². The number of aryl methyl sites for hydroxylation is 1. The van der Waals surface area contributed by atoms with E-state index < -0.39 is 0 Å². The van der Waals surface area contributed by atoms with Crippen LogP contribution in [0.4, 0.5) is 0 Å². The van der Waals surface area contributed by atoms with Gasteiger partial charge in [0.25, 0.3) is 0 Å². The van der Waals surface area contributed by atoms with E-state index in [0.717, 1.165) is 19.1 Å². The Morgan fingerprint density at radius 2 is 2.32 bits per heavy atom. The lowest BCUT2D eigenvalue weighted by molar-refractivity contribution is 0.134. The van der Waals surface area contributed by atoms with Crippen LogP contribution >= 0.6 is 11.3 Å². The van der Waals surface area contributed by atoms with E-state index in [1.165, 1.54) is 42.9 Å². The fourth-order valence-corrected chi connectivity index (χ4v) is 3.56. The third-order valence-electron chi connectivity index (χ3n) is 4.07. The molecule has 3 nitrogen and oxygen atoms in total. The Morgan fingerprint density at radius 1 is 1.47 bits per heavy atom. The molecule has 1 saturated heterocycles. The molecule has 1 aromatic heterocycles. The zero-order valence-corrected chi connectivity index (χ0v) is 13.3. The second-order valence-corrected chi connectivity index (χ2v) is 6.76. The Labute approximate surface area is 121 Å². The molecule has 108 valence electrons. The summed E-state index contributed by atoms with van der Waals surface area (Å²) in [6, 6.07) is 2.95. The first-order valence-electron chi connectivity index (χ1n) is 7.29. The molecule has 2 heterocycles. The molecule has 0 radical (unpaired) electrons. The monoisotopic (exact) mass is 281 g/mol. The van der Waals surface area contributed by atoms with E-state index in [2.05, 4.69) is 47.6 Å². The number of rotatable bonds is 6. The summed E-state index contributed by atoms with van der Waals surface area (Å²) < 4.78 is 0. The van der Waals surface area contributed by atoms with E-state index >= 15 is 0 Å². The molecule has 0 bridgehead atoms. The molecule has 19 heavy (non-hydrogen) atoms. The third kappa shape index (κ3) is 4.56. The zero-order valence-electron chi connectivity index (χ0n) is 12.5. The smallest absolute Gasteiger partial charge is 0.0302 e. The molecule has 1 atom stereocenters. The van der Waals surface area contributed by atoms with Gasteiger partial charge >= 0.3 is 0 Å². The molecule has 0 aliphatic carbocycles. The van der Waals surface area contributed by atoms with Gasteiger partial charge in [-0.3, -0.25) is 0 Å². The second-order valence-electron chi connectivity index (χ2n) is 5.76. The normalized spacial score (nSPS) is 21.2. The first kappa shape index (κ1) is 15.0. The van der Waals surface area contributed by atoms with E-state index in [1.807, 2.05) is 11.3 Å². The fourth-order valence-electron chi connectivity index (χ4n) is 2.68. The van der Waals surface area contributed by atoms with Crippen LogP contribution in [0, 0.1) is 6.92 Å². The molecule has 0 spiro atoms. The predicted molar refractivity (Wildman–Crippen MR) is 83.9 cm³/mol. The SMILES string of the molecule is Cc1ccsc1CNCCN1CCCC(N(C)C)C1. The van der Waals surface area contributed by atoms with Crippen LogP contribution in [-0.2, 0) is 6.54 Å². The maximum absolute atomic E-state index is 3.58. The van der Waals surface area contributed by atoms with Crippen molar-refractivity contribution in [3.63, 3.8) is 0 Å². The Kier molecular flexibility index (Phi) is 5.82. The number of nitrogens with one attached hydrogen (secondary N) is 1. The summed E-state index contributed by atoms with van der Waals surface area (Å²) in [4.78, 5) is 6.45. The standard InChI is InChI=1S/C15H27N3S/c1-13-6-10-19-15(13)11-16-7-9-18-8-4-5-14(12-18)17(2)3/h6,10,14,16H,4-5,7-9,11-12H2,1-3H3.